The van der Waals surface area contributed by atoms with Crippen LogP contribution in [0.5, 0.6) is 0 Å². The highest BCUT2D eigenvalue weighted by molar-refractivity contribution is 6.30. The molecule has 0 bridgehead atoms. The SMILES string of the molecule is C#CC#CC#C.Clc1cncc(-c2cc3ccccc3[nH]2)c1. The van der Waals surface area contributed by atoms with Crippen molar-refractivity contribution in [3.05, 3.63) is 53.8 Å². The van der Waals surface area contributed by atoms with Crippen molar-refractivity contribution in [1.82, 2.24) is 9.97 Å². The number of halogens is 1. The van der Waals surface area contributed by atoms with Gasteiger partial charge in [-0.05, 0) is 41.9 Å². The Kier molecular flexibility index (Phi) is 5.28. The number of hydrogen-bond acceptors (Lipinski definition) is 1. The zero-order valence-corrected chi connectivity index (χ0v) is 12.4. The molecule has 0 atom stereocenters. The predicted octanol–water partition coefficient (Wildman–Crippen LogP) is 4.14. The fourth-order valence-electron chi connectivity index (χ4n) is 1.86. The van der Waals surface area contributed by atoms with Crippen LogP contribution in [0.25, 0.3) is 22.2 Å². The summed E-state index contributed by atoms with van der Waals surface area (Å²) in [5.41, 5.74) is 3.16. The molecule has 0 radical (unpaired) electrons. The molecule has 2 nitrogen and oxygen atoms in total. The largest absolute Gasteiger partial charge is 0.354 e. The highest BCUT2D eigenvalue weighted by Gasteiger charge is 2.03. The topological polar surface area (TPSA) is 28.7 Å². The monoisotopic (exact) mass is 302 g/mol. The van der Waals surface area contributed by atoms with Crippen LogP contribution in [0, 0.1) is 36.5 Å². The Morgan fingerprint density at radius 1 is 1.00 bits per heavy atom. The first kappa shape index (κ1) is 15.3. The van der Waals surface area contributed by atoms with Crippen molar-refractivity contribution in [2.45, 2.75) is 0 Å². The van der Waals surface area contributed by atoms with Gasteiger partial charge in [-0.1, -0.05) is 29.8 Å². The van der Waals surface area contributed by atoms with Crippen LogP contribution in [0.2, 0.25) is 5.02 Å². The van der Waals surface area contributed by atoms with E-state index in [0.717, 1.165) is 16.8 Å². The van der Waals surface area contributed by atoms with Crippen LogP contribution in [0.4, 0.5) is 0 Å². The molecule has 22 heavy (non-hydrogen) atoms. The first-order valence-corrected chi connectivity index (χ1v) is 6.72. The third kappa shape index (κ3) is 3.94. The Balaban J connectivity index is 0.000000254. The number of hydrogen-bond donors (Lipinski definition) is 1. The number of para-hydroxylation sites is 1. The van der Waals surface area contributed by atoms with Gasteiger partial charge >= 0.3 is 0 Å². The summed E-state index contributed by atoms with van der Waals surface area (Å²) in [6.45, 7) is 0. The lowest BCUT2D eigenvalue weighted by Crippen LogP contribution is -1.79. The number of benzene rings is 1. The third-order valence-electron chi connectivity index (χ3n) is 2.75. The van der Waals surface area contributed by atoms with Gasteiger partial charge in [0.25, 0.3) is 0 Å². The summed E-state index contributed by atoms with van der Waals surface area (Å²) in [5.74, 6) is 8.61. The Bertz CT molecular complexity index is 876. The normalized spacial score (nSPS) is 8.68. The van der Waals surface area contributed by atoms with Crippen LogP contribution in [0.1, 0.15) is 0 Å². The number of aromatic nitrogens is 2. The zero-order chi connectivity index (χ0) is 15.8. The third-order valence-corrected chi connectivity index (χ3v) is 2.96. The van der Waals surface area contributed by atoms with Crippen molar-refractivity contribution < 1.29 is 0 Å². The summed E-state index contributed by atoms with van der Waals surface area (Å²) in [4.78, 5) is 7.42. The molecule has 0 aliphatic carbocycles. The fraction of sp³-hybridized carbons (Fsp3) is 0. The number of pyridine rings is 1. The van der Waals surface area contributed by atoms with Gasteiger partial charge in [0, 0.05) is 34.6 Å². The van der Waals surface area contributed by atoms with Crippen molar-refractivity contribution in [1.29, 1.82) is 0 Å². The van der Waals surface area contributed by atoms with Gasteiger partial charge in [-0.15, -0.1) is 12.8 Å². The van der Waals surface area contributed by atoms with Crippen LogP contribution >= 0.6 is 11.6 Å². The second-order valence-corrected chi connectivity index (χ2v) is 4.64. The van der Waals surface area contributed by atoms with Gasteiger partial charge in [0.15, 0.2) is 0 Å². The van der Waals surface area contributed by atoms with E-state index in [9.17, 15) is 0 Å². The standard InChI is InChI=1S/C13H9ClN2.C6H2/c14-11-5-10(7-15-8-11)13-6-9-3-1-2-4-12(9)16-13;1-3-5-6-4-2/h1-8,16H;1-2H. The summed E-state index contributed by atoms with van der Waals surface area (Å²) in [5, 5.41) is 1.84. The molecule has 1 N–H and O–H groups in total. The van der Waals surface area contributed by atoms with Gasteiger partial charge in [0.1, 0.15) is 0 Å². The van der Waals surface area contributed by atoms with Gasteiger partial charge in [-0.25, -0.2) is 0 Å². The summed E-state index contributed by atoms with van der Waals surface area (Å²) in [7, 11) is 0. The average Bonchev–Trinajstić information content (AvgIpc) is 2.97. The van der Waals surface area contributed by atoms with E-state index in [-0.39, 0.29) is 0 Å². The Morgan fingerprint density at radius 3 is 2.36 bits per heavy atom. The summed E-state index contributed by atoms with van der Waals surface area (Å²) < 4.78 is 0. The lowest BCUT2D eigenvalue weighted by Gasteiger charge is -1.96. The zero-order valence-electron chi connectivity index (χ0n) is 11.6. The van der Waals surface area contributed by atoms with Crippen LogP contribution in [0.15, 0.2) is 48.8 Å². The van der Waals surface area contributed by atoms with E-state index in [1.54, 1.807) is 12.4 Å². The van der Waals surface area contributed by atoms with Crippen molar-refractivity contribution in [3.63, 3.8) is 0 Å². The molecular formula is C19H11ClN2. The van der Waals surface area contributed by atoms with Crippen LogP contribution in [-0.4, -0.2) is 9.97 Å². The molecule has 0 aliphatic heterocycles. The second kappa shape index (κ2) is 7.61. The van der Waals surface area contributed by atoms with Gasteiger partial charge < -0.3 is 4.98 Å². The van der Waals surface area contributed by atoms with Crippen LogP contribution < -0.4 is 0 Å². The second-order valence-electron chi connectivity index (χ2n) is 4.20. The Morgan fingerprint density at radius 2 is 1.73 bits per heavy atom. The summed E-state index contributed by atoms with van der Waals surface area (Å²) >= 11 is 5.92. The van der Waals surface area contributed by atoms with Crippen molar-refractivity contribution in [2.75, 3.05) is 0 Å². The average molecular weight is 303 g/mol. The van der Waals surface area contributed by atoms with E-state index in [1.807, 2.05) is 18.2 Å². The molecule has 104 valence electrons. The molecule has 3 rings (SSSR count). The minimum Gasteiger partial charge on any atom is -0.354 e. The Hall–Kier alpha value is -3.12. The van der Waals surface area contributed by atoms with E-state index < -0.39 is 0 Å². The molecule has 0 unspecified atom stereocenters. The minimum atomic E-state index is 0.649. The maximum atomic E-state index is 5.92. The van der Waals surface area contributed by atoms with E-state index in [2.05, 4.69) is 51.8 Å². The van der Waals surface area contributed by atoms with Crippen molar-refractivity contribution >= 4 is 22.5 Å². The van der Waals surface area contributed by atoms with E-state index in [0.29, 0.717) is 5.02 Å². The maximum absolute atomic E-state index is 5.92. The molecular weight excluding hydrogens is 292 g/mol. The summed E-state index contributed by atoms with van der Waals surface area (Å²) in [6.07, 6.45) is 12.8. The number of nitrogens with one attached hydrogen (secondary N) is 1. The molecule has 0 saturated carbocycles. The molecule has 2 aromatic heterocycles. The minimum absolute atomic E-state index is 0.649. The van der Waals surface area contributed by atoms with Crippen LogP contribution in [-0.2, 0) is 0 Å². The van der Waals surface area contributed by atoms with Gasteiger partial charge in [-0.3, -0.25) is 4.98 Å². The molecule has 3 heteroatoms. The lowest BCUT2D eigenvalue weighted by atomic mass is 10.2. The number of H-pyrrole nitrogens is 1. The quantitative estimate of drug-likeness (QED) is 0.672. The van der Waals surface area contributed by atoms with Gasteiger partial charge in [0.2, 0.25) is 0 Å². The highest BCUT2D eigenvalue weighted by Crippen LogP contribution is 2.24. The van der Waals surface area contributed by atoms with E-state index in [1.165, 1.54) is 5.39 Å². The molecule has 0 saturated heterocycles. The summed E-state index contributed by atoms with van der Waals surface area (Å²) in [6, 6.07) is 12.2. The molecule has 0 spiro atoms. The first-order chi connectivity index (χ1) is 10.7. The van der Waals surface area contributed by atoms with Crippen molar-refractivity contribution in [2.24, 2.45) is 0 Å². The predicted molar refractivity (Wildman–Crippen MR) is 92.0 cm³/mol. The highest BCUT2D eigenvalue weighted by atomic mass is 35.5. The van der Waals surface area contributed by atoms with Crippen LogP contribution in [0.3, 0.4) is 0 Å². The number of aromatic amines is 1. The maximum Gasteiger partial charge on any atom is 0.0596 e. The molecule has 2 heterocycles. The number of fused-ring (bicyclic) bond motifs is 1. The van der Waals surface area contributed by atoms with Gasteiger partial charge in [0.05, 0.1) is 5.02 Å². The van der Waals surface area contributed by atoms with E-state index >= 15 is 0 Å². The molecule has 0 fully saturated rings. The molecule has 1 aromatic carbocycles. The Labute approximate surface area is 134 Å². The number of rotatable bonds is 1. The number of nitrogens with zero attached hydrogens (tertiary/aromatic N) is 1. The fourth-order valence-corrected chi connectivity index (χ4v) is 2.03. The molecule has 0 aliphatic rings. The number of terminal acetylenes is 2. The smallest absolute Gasteiger partial charge is 0.0596 e. The molecule has 3 aromatic rings. The van der Waals surface area contributed by atoms with E-state index in [4.69, 9.17) is 24.4 Å². The van der Waals surface area contributed by atoms with Crippen molar-refractivity contribution in [3.8, 4) is 47.8 Å². The lowest BCUT2D eigenvalue weighted by molar-refractivity contribution is 1.31. The first-order valence-electron chi connectivity index (χ1n) is 6.34. The van der Waals surface area contributed by atoms with Gasteiger partial charge in [-0.2, -0.15) is 0 Å². The molecule has 0 amide bonds.